The van der Waals surface area contributed by atoms with Crippen LogP contribution < -0.4 is 4.90 Å². The van der Waals surface area contributed by atoms with Crippen molar-refractivity contribution in [3.8, 4) is 0 Å². The Morgan fingerprint density at radius 1 is 1.53 bits per heavy atom. The molecule has 6 heteroatoms. The van der Waals surface area contributed by atoms with E-state index in [1.54, 1.807) is 17.5 Å². The molecule has 2 rings (SSSR count). The molecule has 0 saturated carbocycles. The molecule has 2 aromatic rings. The van der Waals surface area contributed by atoms with Crippen molar-refractivity contribution < 1.29 is 14.3 Å². The SMILES string of the molecule is CCN(c1cccc(F)c1)c1nc(CC(=O)O)cs1. The first-order chi connectivity index (χ1) is 9.10. The van der Waals surface area contributed by atoms with Crippen LogP contribution in [0.3, 0.4) is 0 Å². The van der Waals surface area contributed by atoms with E-state index < -0.39 is 5.97 Å². The third-order valence-electron chi connectivity index (χ3n) is 2.54. The van der Waals surface area contributed by atoms with E-state index in [2.05, 4.69) is 4.98 Å². The normalized spacial score (nSPS) is 10.4. The van der Waals surface area contributed by atoms with Gasteiger partial charge in [-0.2, -0.15) is 0 Å². The molecule has 0 aliphatic carbocycles. The molecule has 0 bridgehead atoms. The lowest BCUT2D eigenvalue weighted by Gasteiger charge is -2.19. The molecule has 0 unspecified atom stereocenters. The summed E-state index contributed by atoms with van der Waals surface area (Å²) in [7, 11) is 0. The summed E-state index contributed by atoms with van der Waals surface area (Å²) in [6, 6.07) is 6.25. The largest absolute Gasteiger partial charge is 0.481 e. The summed E-state index contributed by atoms with van der Waals surface area (Å²) in [5, 5.41) is 11.1. The summed E-state index contributed by atoms with van der Waals surface area (Å²) in [5.41, 5.74) is 1.22. The van der Waals surface area contributed by atoms with Gasteiger partial charge in [0.15, 0.2) is 5.13 Å². The molecular weight excluding hydrogens is 267 g/mol. The van der Waals surface area contributed by atoms with Crippen LogP contribution in [0.15, 0.2) is 29.6 Å². The van der Waals surface area contributed by atoms with Gasteiger partial charge in [0, 0.05) is 17.6 Å². The second kappa shape index (κ2) is 5.79. The lowest BCUT2D eigenvalue weighted by Crippen LogP contribution is -2.16. The average Bonchev–Trinajstić information content (AvgIpc) is 2.77. The minimum Gasteiger partial charge on any atom is -0.481 e. The predicted molar refractivity (Wildman–Crippen MR) is 72.5 cm³/mol. The molecule has 19 heavy (non-hydrogen) atoms. The van der Waals surface area contributed by atoms with Gasteiger partial charge in [0.1, 0.15) is 5.82 Å². The van der Waals surface area contributed by atoms with E-state index in [1.807, 2.05) is 11.8 Å². The zero-order chi connectivity index (χ0) is 13.8. The number of carboxylic acid groups (broad SMARTS) is 1. The van der Waals surface area contributed by atoms with Crippen molar-refractivity contribution in [1.82, 2.24) is 4.98 Å². The maximum Gasteiger partial charge on any atom is 0.309 e. The van der Waals surface area contributed by atoms with Gasteiger partial charge in [0.05, 0.1) is 12.1 Å². The summed E-state index contributed by atoms with van der Waals surface area (Å²) in [4.78, 5) is 16.7. The Morgan fingerprint density at radius 3 is 2.95 bits per heavy atom. The minimum absolute atomic E-state index is 0.1000. The van der Waals surface area contributed by atoms with Gasteiger partial charge in [-0.3, -0.25) is 4.79 Å². The number of aliphatic carboxylic acids is 1. The van der Waals surface area contributed by atoms with Gasteiger partial charge in [-0.15, -0.1) is 11.3 Å². The standard InChI is InChI=1S/C13H13FN2O2S/c1-2-16(11-5-3-4-9(14)6-11)13-15-10(8-19-13)7-12(17)18/h3-6,8H,2,7H2,1H3,(H,17,18). The van der Waals surface area contributed by atoms with Crippen molar-refractivity contribution in [2.24, 2.45) is 0 Å². The molecule has 1 aromatic heterocycles. The van der Waals surface area contributed by atoms with Crippen LogP contribution in [0, 0.1) is 5.82 Å². The number of benzene rings is 1. The van der Waals surface area contributed by atoms with Crippen LogP contribution in [0.1, 0.15) is 12.6 Å². The molecule has 0 amide bonds. The zero-order valence-corrected chi connectivity index (χ0v) is 11.2. The van der Waals surface area contributed by atoms with Gasteiger partial charge in [0.25, 0.3) is 0 Å². The van der Waals surface area contributed by atoms with Gasteiger partial charge in [0.2, 0.25) is 0 Å². The molecule has 4 nitrogen and oxygen atoms in total. The third kappa shape index (κ3) is 3.29. The fourth-order valence-corrected chi connectivity index (χ4v) is 2.64. The highest BCUT2D eigenvalue weighted by atomic mass is 32.1. The molecule has 0 aliphatic rings. The van der Waals surface area contributed by atoms with Crippen LogP contribution in [0.2, 0.25) is 0 Å². The summed E-state index contributed by atoms with van der Waals surface area (Å²) in [6.07, 6.45) is -0.1000. The van der Waals surface area contributed by atoms with E-state index in [4.69, 9.17) is 5.11 Å². The molecule has 1 heterocycles. The highest BCUT2D eigenvalue weighted by Crippen LogP contribution is 2.28. The van der Waals surface area contributed by atoms with Gasteiger partial charge < -0.3 is 10.0 Å². The Balaban J connectivity index is 2.27. The number of anilines is 2. The van der Waals surface area contributed by atoms with Gasteiger partial charge in [-0.1, -0.05) is 6.07 Å². The highest BCUT2D eigenvalue weighted by Gasteiger charge is 2.13. The summed E-state index contributed by atoms with van der Waals surface area (Å²) >= 11 is 1.35. The van der Waals surface area contributed by atoms with Crippen molar-refractivity contribution in [3.63, 3.8) is 0 Å². The summed E-state index contributed by atoms with van der Waals surface area (Å²) < 4.78 is 13.2. The van der Waals surface area contributed by atoms with Crippen LogP contribution in [-0.2, 0) is 11.2 Å². The van der Waals surface area contributed by atoms with Gasteiger partial charge in [-0.25, -0.2) is 9.37 Å². The second-order valence-electron chi connectivity index (χ2n) is 3.92. The van der Waals surface area contributed by atoms with Gasteiger partial charge >= 0.3 is 5.97 Å². The zero-order valence-electron chi connectivity index (χ0n) is 10.3. The Morgan fingerprint density at radius 2 is 2.32 bits per heavy atom. The first-order valence-electron chi connectivity index (χ1n) is 5.79. The van der Waals surface area contributed by atoms with Crippen molar-refractivity contribution >= 4 is 28.1 Å². The van der Waals surface area contributed by atoms with Crippen molar-refractivity contribution in [1.29, 1.82) is 0 Å². The topological polar surface area (TPSA) is 53.4 Å². The smallest absolute Gasteiger partial charge is 0.309 e. The number of rotatable bonds is 5. The van der Waals surface area contributed by atoms with Crippen molar-refractivity contribution in [3.05, 3.63) is 41.2 Å². The van der Waals surface area contributed by atoms with E-state index in [-0.39, 0.29) is 12.2 Å². The number of hydrogen-bond acceptors (Lipinski definition) is 4. The number of thiazole rings is 1. The van der Waals surface area contributed by atoms with Crippen molar-refractivity contribution in [2.45, 2.75) is 13.3 Å². The molecule has 0 aliphatic heterocycles. The number of carbonyl (C=O) groups is 1. The monoisotopic (exact) mass is 280 g/mol. The quantitative estimate of drug-likeness (QED) is 0.914. The van der Waals surface area contributed by atoms with Crippen LogP contribution in [0.25, 0.3) is 0 Å². The van der Waals surface area contributed by atoms with Crippen LogP contribution in [-0.4, -0.2) is 22.6 Å². The van der Waals surface area contributed by atoms with E-state index in [1.165, 1.54) is 23.5 Å². The first kappa shape index (κ1) is 13.5. The highest BCUT2D eigenvalue weighted by molar-refractivity contribution is 7.13. The Kier molecular flexibility index (Phi) is 4.11. The second-order valence-corrected chi connectivity index (χ2v) is 4.75. The number of nitrogens with zero attached hydrogens (tertiary/aromatic N) is 2. The van der Waals surface area contributed by atoms with E-state index >= 15 is 0 Å². The first-order valence-corrected chi connectivity index (χ1v) is 6.67. The van der Waals surface area contributed by atoms with E-state index in [9.17, 15) is 9.18 Å². The molecule has 100 valence electrons. The van der Waals surface area contributed by atoms with Crippen molar-refractivity contribution in [2.75, 3.05) is 11.4 Å². The third-order valence-corrected chi connectivity index (χ3v) is 3.45. The lowest BCUT2D eigenvalue weighted by molar-refractivity contribution is -0.136. The molecule has 1 aromatic carbocycles. The van der Waals surface area contributed by atoms with E-state index in [0.717, 1.165) is 0 Å². The molecule has 0 radical (unpaired) electrons. The molecular formula is C13H13FN2O2S. The van der Waals surface area contributed by atoms with Crippen LogP contribution in [0.5, 0.6) is 0 Å². The fourth-order valence-electron chi connectivity index (χ4n) is 1.73. The predicted octanol–water partition coefficient (Wildman–Crippen LogP) is 3.07. The maximum atomic E-state index is 13.2. The molecule has 1 N–H and O–H groups in total. The average molecular weight is 280 g/mol. The molecule has 0 spiro atoms. The van der Waals surface area contributed by atoms with E-state index in [0.29, 0.717) is 23.1 Å². The number of halogens is 1. The number of aromatic nitrogens is 1. The minimum atomic E-state index is -0.911. The van der Waals surface area contributed by atoms with Gasteiger partial charge in [-0.05, 0) is 25.1 Å². The summed E-state index contributed by atoms with van der Waals surface area (Å²) in [5.74, 6) is -1.22. The Labute approximate surface area is 114 Å². The van der Waals surface area contributed by atoms with Crippen LogP contribution in [0.4, 0.5) is 15.2 Å². The molecule has 0 fully saturated rings. The summed E-state index contributed by atoms with van der Waals surface area (Å²) in [6.45, 7) is 2.56. The molecule has 0 atom stereocenters. The Hall–Kier alpha value is -1.95. The fraction of sp³-hybridized carbons (Fsp3) is 0.231. The Bertz CT molecular complexity index is 586. The molecule has 0 saturated heterocycles. The number of carboxylic acids is 1. The van der Waals surface area contributed by atoms with Crippen LogP contribution >= 0.6 is 11.3 Å². The maximum absolute atomic E-state index is 13.2. The lowest BCUT2D eigenvalue weighted by atomic mass is 10.3. The number of hydrogen-bond donors (Lipinski definition) is 1.